The van der Waals surface area contributed by atoms with Crippen LogP contribution < -0.4 is 10.6 Å². The van der Waals surface area contributed by atoms with Crippen molar-refractivity contribution in [2.45, 2.75) is 25.7 Å². The van der Waals surface area contributed by atoms with Crippen LogP contribution in [0.3, 0.4) is 0 Å². The van der Waals surface area contributed by atoms with Crippen LogP contribution in [0.25, 0.3) is 0 Å². The zero-order chi connectivity index (χ0) is 22.1. The van der Waals surface area contributed by atoms with Crippen molar-refractivity contribution in [3.63, 3.8) is 0 Å². The fraction of sp³-hybridized carbons (Fsp3) is 0.318. The summed E-state index contributed by atoms with van der Waals surface area (Å²) >= 11 is 17.0. The van der Waals surface area contributed by atoms with Crippen molar-refractivity contribution in [1.29, 1.82) is 0 Å². The molecule has 0 saturated carbocycles. The van der Waals surface area contributed by atoms with Crippen LogP contribution in [0.4, 0.5) is 5.69 Å². The number of Topliss-reactive ketones (excluding diaryl/α,β-unsaturated/α-hetero) is 1. The van der Waals surface area contributed by atoms with Crippen LogP contribution >= 0.6 is 35.4 Å². The molecule has 2 rings (SSSR count). The summed E-state index contributed by atoms with van der Waals surface area (Å²) in [6.45, 7) is 0.995. The van der Waals surface area contributed by atoms with Crippen molar-refractivity contribution >= 4 is 57.9 Å². The molecule has 1 amide bonds. The maximum atomic E-state index is 12.2. The molecule has 2 aromatic carbocycles. The van der Waals surface area contributed by atoms with Gasteiger partial charge in [-0.1, -0.05) is 35.3 Å². The van der Waals surface area contributed by atoms with E-state index in [1.165, 1.54) is 6.07 Å². The lowest BCUT2D eigenvalue weighted by molar-refractivity contribution is -0.118. The zero-order valence-corrected chi connectivity index (χ0v) is 19.3. The van der Waals surface area contributed by atoms with E-state index < -0.39 is 0 Å². The smallest absolute Gasteiger partial charge is 0.257 e. The van der Waals surface area contributed by atoms with Gasteiger partial charge in [-0.25, -0.2) is 0 Å². The molecule has 0 spiro atoms. The normalized spacial score (nSPS) is 10.7. The van der Waals surface area contributed by atoms with E-state index in [0.29, 0.717) is 28.5 Å². The first-order chi connectivity index (χ1) is 14.2. The van der Waals surface area contributed by atoms with Crippen molar-refractivity contribution in [3.05, 3.63) is 63.6 Å². The van der Waals surface area contributed by atoms with Crippen molar-refractivity contribution in [1.82, 2.24) is 10.2 Å². The Hall–Kier alpha value is -1.99. The van der Waals surface area contributed by atoms with Gasteiger partial charge in [0.15, 0.2) is 5.11 Å². The van der Waals surface area contributed by atoms with Gasteiger partial charge in [0.25, 0.3) is 5.91 Å². The molecule has 30 heavy (non-hydrogen) atoms. The SMILES string of the molecule is CN(C)CCCCC(=O)Cc1ccc(NC(=S)NC(=O)c2ccc(Cl)c(Cl)c2)cc1. The Kier molecular flexibility index (Phi) is 9.72. The maximum absolute atomic E-state index is 12.2. The molecule has 0 saturated heterocycles. The number of unbranched alkanes of at least 4 members (excludes halogenated alkanes) is 1. The highest BCUT2D eigenvalue weighted by molar-refractivity contribution is 7.80. The second kappa shape index (κ2) is 12.0. The Morgan fingerprint density at radius 3 is 2.33 bits per heavy atom. The molecular formula is C22H25Cl2N3O2S. The zero-order valence-electron chi connectivity index (χ0n) is 17.0. The van der Waals surface area contributed by atoms with Crippen LogP contribution in [0.15, 0.2) is 42.5 Å². The highest BCUT2D eigenvalue weighted by Gasteiger charge is 2.10. The third kappa shape index (κ3) is 8.40. The predicted molar refractivity (Wildman–Crippen MR) is 128 cm³/mol. The number of carbonyl (C=O) groups excluding carboxylic acids is 2. The van der Waals surface area contributed by atoms with E-state index in [1.807, 2.05) is 38.4 Å². The number of halogens is 2. The average molecular weight is 466 g/mol. The number of thiocarbonyl (C=S) groups is 1. The molecule has 0 heterocycles. The minimum Gasteiger partial charge on any atom is -0.332 e. The lowest BCUT2D eigenvalue weighted by Crippen LogP contribution is -2.34. The Balaban J connectivity index is 1.80. The number of rotatable bonds is 9. The van der Waals surface area contributed by atoms with Crippen LogP contribution in [0.5, 0.6) is 0 Å². The Morgan fingerprint density at radius 1 is 1.00 bits per heavy atom. The summed E-state index contributed by atoms with van der Waals surface area (Å²) in [4.78, 5) is 26.5. The molecule has 0 aliphatic heterocycles. The van der Waals surface area contributed by atoms with E-state index in [4.69, 9.17) is 35.4 Å². The third-order valence-electron chi connectivity index (χ3n) is 4.33. The van der Waals surface area contributed by atoms with Crippen molar-refractivity contribution in [3.8, 4) is 0 Å². The number of ketones is 1. The number of hydrogen-bond donors (Lipinski definition) is 2. The second-order valence-electron chi connectivity index (χ2n) is 7.21. The number of nitrogens with one attached hydrogen (secondary N) is 2. The van der Waals surface area contributed by atoms with Crippen molar-refractivity contribution < 1.29 is 9.59 Å². The summed E-state index contributed by atoms with van der Waals surface area (Å²) in [7, 11) is 4.06. The summed E-state index contributed by atoms with van der Waals surface area (Å²) < 4.78 is 0. The van der Waals surface area contributed by atoms with Crippen LogP contribution in [0.1, 0.15) is 35.2 Å². The van der Waals surface area contributed by atoms with Crippen LogP contribution in [0.2, 0.25) is 10.0 Å². The first-order valence-corrected chi connectivity index (χ1v) is 10.7. The van der Waals surface area contributed by atoms with Gasteiger partial charge < -0.3 is 10.2 Å². The van der Waals surface area contributed by atoms with Crippen LogP contribution in [-0.4, -0.2) is 42.3 Å². The number of amides is 1. The van der Waals surface area contributed by atoms with E-state index in [1.54, 1.807) is 12.1 Å². The Labute approximate surface area is 192 Å². The van der Waals surface area contributed by atoms with Gasteiger partial charge in [0.05, 0.1) is 10.0 Å². The van der Waals surface area contributed by atoms with Gasteiger partial charge >= 0.3 is 0 Å². The monoisotopic (exact) mass is 465 g/mol. The molecule has 2 N–H and O–H groups in total. The number of anilines is 1. The lowest BCUT2D eigenvalue weighted by atomic mass is 10.0. The van der Waals surface area contributed by atoms with E-state index in [-0.39, 0.29) is 16.8 Å². The van der Waals surface area contributed by atoms with Gasteiger partial charge in [-0.15, -0.1) is 0 Å². The van der Waals surface area contributed by atoms with E-state index in [2.05, 4.69) is 15.5 Å². The molecular weight excluding hydrogens is 441 g/mol. The molecule has 5 nitrogen and oxygen atoms in total. The van der Waals surface area contributed by atoms with Crippen LogP contribution in [-0.2, 0) is 11.2 Å². The van der Waals surface area contributed by atoms with E-state index >= 15 is 0 Å². The van der Waals surface area contributed by atoms with Crippen LogP contribution in [0, 0.1) is 0 Å². The van der Waals surface area contributed by atoms with Gasteiger partial charge in [0.2, 0.25) is 0 Å². The van der Waals surface area contributed by atoms with E-state index in [0.717, 1.165) is 30.6 Å². The minimum atomic E-state index is -0.387. The van der Waals surface area contributed by atoms with Crippen molar-refractivity contribution in [2.75, 3.05) is 26.0 Å². The number of hydrogen-bond acceptors (Lipinski definition) is 4. The summed E-state index contributed by atoms with van der Waals surface area (Å²) in [5.74, 6) is -0.151. The van der Waals surface area contributed by atoms with E-state index in [9.17, 15) is 9.59 Å². The Morgan fingerprint density at radius 2 is 1.70 bits per heavy atom. The van der Waals surface area contributed by atoms with Crippen molar-refractivity contribution in [2.24, 2.45) is 0 Å². The molecule has 0 aliphatic rings. The van der Waals surface area contributed by atoms with Gasteiger partial charge in [0.1, 0.15) is 5.78 Å². The fourth-order valence-corrected chi connectivity index (χ4v) is 3.26. The van der Waals surface area contributed by atoms with Gasteiger partial charge in [-0.2, -0.15) is 0 Å². The van der Waals surface area contributed by atoms with Gasteiger partial charge in [-0.05, 0) is 81.6 Å². The molecule has 2 aromatic rings. The standard InChI is InChI=1S/C22H25Cl2N3O2S/c1-27(2)12-4-3-5-18(28)13-15-6-9-17(10-7-15)25-22(30)26-21(29)16-8-11-19(23)20(24)14-16/h6-11,14H,3-5,12-13H2,1-2H3,(H2,25,26,29,30). The summed E-state index contributed by atoms with van der Waals surface area (Å²) in [6.07, 6.45) is 2.94. The number of carbonyl (C=O) groups is 2. The maximum Gasteiger partial charge on any atom is 0.257 e. The topological polar surface area (TPSA) is 61.4 Å². The number of nitrogens with zero attached hydrogens (tertiary/aromatic N) is 1. The van der Waals surface area contributed by atoms with Gasteiger partial charge in [-0.3, -0.25) is 14.9 Å². The molecule has 0 unspecified atom stereocenters. The molecule has 0 aliphatic carbocycles. The second-order valence-corrected chi connectivity index (χ2v) is 8.43. The average Bonchev–Trinajstić information content (AvgIpc) is 2.68. The molecule has 0 bridgehead atoms. The summed E-state index contributed by atoms with van der Waals surface area (Å²) in [5, 5.41) is 6.39. The first kappa shape index (κ1) is 24.3. The van der Waals surface area contributed by atoms with Gasteiger partial charge in [0, 0.05) is 24.1 Å². The largest absolute Gasteiger partial charge is 0.332 e. The molecule has 0 radical (unpaired) electrons. The highest BCUT2D eigenvalue weighted by atomic mass is 35.5. The molecule has 0 atom stereocenters. The fourth-order valence-electron chi connectivity index (χ4n) is 2.75. The third-order valence-corrected chi connectivity index (χ3v) is 5.28. The quantitative estimate of drug-likeness (QED) is 0.404. The summed E-state index contributed by atoms with van der Waals surface area (Å²) in [6, 6.07) is 12.0. The molecule has 160 valence electrons. The highest BCUT2D eigenvalue weighted by Crippen LogP contribution is 2.22. The molecule has 8 heteroatoms. The first-order valence-electron chi connectivity index (χ1n) is 9.57. The lowest BCUT2D eigenvalue weighted by Gasteiger charge is -2.11. The molecule has 0 fully saturated rings. The predicted octanol–water partition coefficient (Wildman–Crippen LogP) is 4.96. The summed E-state index contributed by atoms with van der Waals surface area (Å²) in [5.41, 5.74) is 2.02. The number of benzene rings is 2. The Bertz CT molecular complexity index is 902. The minimum absolute atomic E-state index is 0.163. The molecule has 0 aromatic heterocycles.